The topological polar surface area (TPSA) is 56.7 Å². The molecule has 0 unspecified atom stereocenters. The average Bonchev–Trinajstić information content (AvgIpc) is 2.53. The van der Waals surface area contributed by atoms with E-state index in [1.165, 1.54) is 11.0 Å². The maximum absolute atomic E-state index is 5.73. The predicted molar refractivity (Wildman–Crippen MR) is 50.8 cm³/mol. The van der Waals surface area contributed by atoms with Gasteiger partial charge in [0.05, 0.1) is 11.9 Å². The van der Waals surface area contributed by atoms with Gasteiger partial charge in [-0.2, -0.15) is 5.10 Å². The van der Waals surface area contributed by atoms with Gasteiger partial charge in [-0.25, -0.2) is 0 Å². The lowest BCUT2D eigenvalue weighted by Gasteiger charge is -1.97. The Morgan fingerprint density at radius 2 is 1.92 bits per heavy atom. The van der Waals surface area contributed by atoms with Gasteiger partial charge in [0, 0.05) is 5.02 Å². The van der Waals surface area contributed by atoms with E-state index in [0.29, 0.717) is 10.8 Å². The van der Waals surface area contributed by atoms with Gasteiger partial charge in [-0.1, -0.05) is 11.6 Å². The fourth-order valence-electron chi connectivity index (χ4n) is 0.974. The molecule has 0 bridgehead atoms. The van der Waals surface area contributed by atoms with Crippen molar-refractivity contribution in [1.29, 1.82) is 0 Å². The van der Waals surface area contributed by atoms with Crippen molar-refractivity contribution in [2.24, 2.45) is 0 Å². The predicted octanol–water partition coefficient (Wildman–Crippen LogP) is 1.50. The molecular weight excluding hydrogens is 188 g/mol. The van der Waals surface area contributed by atoms with Crippen LogP contribution in [0.2, 0.25) is 5.02 Å². The van der Waals surface area contributed by atoms with Crippen LogP contribution in [0, 0.1) is 0 Å². The molecule has 0 fully saturated rings. The highest BCUT2D eigenvalue weighted by atomic mass is 35.5. The summed E-state index contributed by atoms with van der Waals surface area (Å²) in [6.07, 6.45) is 1.49. The second-order valence-electron chi connectivity index (χ2n) is 2.54. The van der Waals surface area contributed by atoms with Gasteiger partial charge in [0.1, 0.15) is 0 Å². The van der Waals surface area contributed by atoms with Crippen molar-refractivity contribution in [3.63, 3.8) is 0 Å². The highest BCUT2D eigenvalue weighted by Crippen LogP contribution is 2.11. The molecule has 66 valence electrons. The first-order valence-electron chi connectivity index (χ1n) is 3.69. The van der Waals surface area contributed by atoms with E-state index in [1.54, 1.807) is 12.1 Å². The summed E-state index contributed by atoms with van der Waals surface area (Å²) in [4.78, 5) is 1.45. The lowest BCUT2D eigenvalue weighted by atomic mass is 10.3. The Labute approximate surface area is 79.9 Å². The van der Waals surface area contributed by atoms with E-state index < -0.39 is 0 Å². The number of hydrogen-bond donors (Lipinski definition) is 1. The summed E-state index contributed by atoms with van der Waals surface area (Å²) in [5.74, 6) is 0.398. The summed E-state index contributed by atoms with van der Waals surface area (Å²) in [5, 5.41) is 8.59. The van der Waals surface area contributed by atoms with Gasteiger partial charge in [-0.3, -0.25) is 0 Å². The van der Waals surface area contributed by atoms with Gasteiger partial charge in [0.25, 0.3) is 0 Å². The summed E-state index contributed by atoms with van der Waals surface area (Å²) in [5.41, 5.74) is 6.26. The van der Waals surface area contributed by atoms with Crippen LogP contribution < -0.4 is 5.73 Å². The number of benzene rings is 1. The first kappa shape index (κ1) is 8.07. The van der Waals surface area contributed by atoms with Gasteiger partial charge in [-0.05, 0) is 24.3 Å². The van der Waals surface area contributed by atoms with Crippen molar-refractivity contribution in [2.45, 2.75) is 0 Å². The molecule has 5 heteroatoms. The first-order chi connectivity index (χ1) is 6.25. The molecule has 2 N–H and O–H groups in total. The molecule has 1 aromatic heterocycles. The quantitative estimate of drug-likeness (QED) is 0.749. The Bertz CT molecular complexity index is 406. The molecule has 0 atom stereocenters. The number of nitrogen functional groups attached to an aromatic ring is 1. The zero-order valence-corrected chi connectivity index (χ0v) is 7.44. The summed E-state index contributed by atoms with van der Waals surface area (Å²) >= 11 is 5.73. The van der Waals surface area contributed by atoms with Gasteiger partial charge < -0.3 is 5.73 Å². The van der Waals surface area contributed by atoms with Crippen LogP contribution in [0.15, 0.2) is 30.5 Å². The third-order valence-electron chi connectivity index (χ3n) is 1.57. The highest BCUT2D eigenvalue weighted by Gasteiger charge is 1.98. The molecule has 1 aromatic carbocycles. The minimum Gasteiger partial charge on any atom is -0.381 e. The molecule has 4 nitrogen and oxygen atoms in total. The zero-order chi connectivity index (χ0) is 9.26. The third-order valence-corrected chi connectivity index (χ3v) is 1.82. The monoisotopic (exact) mass is 194 g/mol. The van der Waals surface area contributed by atoms with Crippen LogP contribution >= 0.6 is 11.6 Å². The zero-order valence-electron chi connectivity index (χ0n) is 6.68. The SMILES string of the molecule is Nc1cnn(-c2ccc(Cl)cc2)n1. The van der Waals surface area contributed by atoms with Gasteiger partial charge >= 0.3 is 0 Å². The molecule has 1 heterocycles. The van der Waals surface area contributed by atoms with E-state index >= 15 is 0 Å². The minimum absolute atomic E-state index is 0.398. The Morgan fingerprint density at radius 3 is 2.46 bits per heavy atom. The number of nitrogens with two attached hydrogens (primary N) is 1. The fraction of sp³-hybridized carbons (Fsp3) is 0. The first-order valence-corrected chi connectivity index (χ1v) is 4.07. The normalized spacial score (nSPS) is 10.2. The number of hydrogen-bond acceptors (Lipinski definition) is 3. The molecule has 0 saturated heterocycles. The molecule has 0 aliphatic heterocycles. The molecular formula is C8H7ClN4. The second-order valence-corrected chi connectivity index (χ2v) is 2.97. The standard InChI is InChI=1S/C8H7ClN4/c9-6-1-3-7(4-2-6)13-11-5-8(10)12-13/h1-5H,(H2,10,12). The lowest BCUT2D eigenvalue weighted by Crippen LogP contribution is -1.98. The summed E-state index contributed by atoms with van der Waals surface area (Å²) in [6, 6.07) is 7.19. The number of anilines is 1. The van der Waals surface area contributed by atoms with Crippen LogP contribution in [0.1, 0.15) is 0 Å². The molecule has 2 rings (SSSR count). The summed E-state index contributed by atoms with van der Waals surface area (Å²) in [7, 11) is 0. The van der Waals surface area contributed by atoms with Crippen molar-refractivity contribution in [3.05, 3.63) is 35.5 Å². The number of rotatable bonds is 1. The maximum atomic E-state index is 5.73. The van der Waals surface area contributed by atoms with Crippen LogP contribution in [0.4, 0.5) is 5.82 Å². The Morgan fingerprint density at radius 1 is 1.23 bits per heavy atom. The smallest absolute Gasteiger partial charge is 0.166 e. The average molecular weight is 195 g/mol. The van der Waals surface area contributed by atoms with Gasteiger partial charge in [-0.15, -0.1) is 9.90 Å². The molecule has 13 heavy (non-hydrogen) atoms. The van der Waals surface area contributed by atoms with Crippen molar-refractivity contribution in [1.82, 2.24) is 15.0 Å². The van der Waals surface area contributed by atoms with Crippen molar-refractivity contribution in [2.75, 3.05) is 5.73 Å². The minimum atomic E-state index is 0.398. The molecule has 2 aromatic rings. The van der Waals surface area contributed by atoms with E-state index in [0.717, 1.165) is 5.69 Å². The summed E-state index contributed by atoms with van der Waals surface area (Å²) in [6.45, 7) is 0. The van der Waals surface area contributed by atoms with Crippen molar-refractivity contribution >= 4 is 17.4 Å². The number of aromatic nitrogens is 3. The van der Waals surface area contributed by atoms with E-state index in [2.05, 4.69) is 10.2 Å². The van der Waals surface area contributed by atoms with Gasteiger partial charge in [0.15, 0.2) is 5.82 Å². The summed E-state index contributed by atoms with van der Waals surface area (Å²) < 4.78 is 0. The van der Waals surface area contributed by atoms with Crippen LogP contribution in [-0.4, -0.2) is 15.0 Å². The molecule has 0 aliphatic carbocycles. The Balaban J connectivity index is 2.41. The van der Waals surface area contributed by atoms with Gasteiger partial charge in [0.2, 0.25) is 0 Å². The van der Waals surface area contributed by atoms with Crippen LogP contribution in [-0.2, 0) is 0 Å². The Kier molecular flexibility index (Phi) is 1.90. The molecule has 0 amide bonds. The van der Waals surface area contributed by atoms with Crippen LogP contribution in [0.25, 0.3) is 5.69 Å². The van der Waals surface area contributed by atoms with E-state index in [-0.39, 0.29) is 0 Å². The Hall–Kier alpha value is -1.55. The van der Waals surface area contributed by atoms with Crippen molar-refractivity contribution in [3.8, 4) is 5.69 Å². The van der Waals surface area contributed by atoms with E-state index in [9.17, 15) is 0 Å². The van der Waals surface area contributed by atoms with E-state index in [1.807, 2.05) is 12.1 Å². The number of halogens is 1. The largest absolute Gasteiger partial charge is 0.381 e. The lowest BCUT2D eigenvalue weighted by molar-refractivity contribution is 0.754. The van der Waals surface area contributed by atoms with Crippen LogP contribution in [0.3, 0.4) is 0 Å². The fourth-order valence-corrected chi connectivity index (χ4v) is 1.10. The highest BCUT2D eigenvalue weighted by molar-refractivity contribution is 6.30. The molecule has 0 spiro atoms. The third kappa shape index (κ3) is 1.62. The molecule has 0 saturated carbocycles. The second kappa shape index (κ2) is 3.06. The number of nitrogens with zero attached hydrogens (tertiary/aromatic N) is 3. The molecule has 0 radical (unpaired) electrons. The van der Waals surface area contributed by atoms with E-state index in [4.69, 9.17) is 17.3 Å². The van der Waals surface area contributed by atoms with Crippen LogP contribution in [0.5, 0.6) is 0 Å². The maximum Gasteiger partial charge on any atom is 0.166 e. The van der Waals surface area contributed by atoms with Crippen molar-refractivity contribution < 1.29 is 0 Å². The molecule has 0 aliphatic rings.